The summed E-state index contributed by atoms with van der Waals surface area (Å²) >= 11 is 4.34. The van der Waals surface area contributed by atoms with E-state index in [1.54, 1.807) is 0 Å². The second-order valence-corrected chi connectivity index (χ2v) is 4.90. The van der Waals surface area contributed by atoms with Gasteiger partial charge in [0.25, 0.3) is 0 Å². The minimum Gasteiger partial charge on any atom is -0.362 e. The Morgan fingerprint density at radius 3 is 2.18 bits per heavy atom. The lowest BCUT2D eigenvalue weighted by Gasteiger charge is -2.29. The van der Waals surface area contributed by atoms with E-state index in [-0.39, 0.29) is 4.93 Å². The molecule has 0 aliphatic heterocycles. The van der Waals surface area contributed by atoms with Gasteiger partial charge in [0.1, 0.15) is 4.93 Å². The minimum absolute atomic E-state index is 0.248. The second kappa shape index (κ2) is 3.81. The number of hydrogen-bond donors (Lipinski definition) is 1. The van der Waals surface area contributed by atoms with Crippen LogP contribution >= 0.6 is 12.6 Å². The molecule has 0 aromatic carbocycles. The molecule has 0 bridgehead atoms. The summed E-state index contributed by atoms with van der Waals surface area (Å²) in [6.07, 6.45) is 6.96. The van der Waals surface area contributed by atoms with Crippen LogP contribution in [0.4, 0.5) is 0 Å². The molecular formula is C9H18OS. The van der Waals surface area contributed by atoms with E-state index in [4.69, 9.17) is 4.74 Å². The Labute approximate surface area is 74.9 Å². The topological polar surface area (TPSA) is 9.23 Å². The molecule has 1 rings (SSSR count). The van der Waals surface area contributed by atoms with Crippen molar-refractivity contribution in [3.8, 4) is 0 Å². The van der Waals surface area contributed by atoms with Crippen LogP contribution in [0.1, 0.15) is 46.0 Å². The second-order valence-electron chi connectivity index (χ2n) is 3.82. The maximum Gasteiger partial charge on any atom is 0.105 e. The Morgan fingerprint density at radius 1 is 1.18 bits per heavy atom. The molecule has 11 heavy (non-hydrogen) atoms. The zero-order valence-electron chi connectivity index (χ0n) is 7.47. The lowest BCUT2D eigenvalue weighted by molar-refractivity contribution is -0.0303. The summed E-state index contributed by atoms with van der Waals surface area (Å²) in [6.45, 7) is 4.01. The molecule has 0 aromatic heterocycles. The Balaban J connectivity index is 2.24. The van der Waals surface area contributed by atoms with Crippen LogP contribution in [0.2, 0.25) is 0 Å². The molecule has 1 aliphatic carbocycles. The molecule has 0 saturated heterocycles. The van der Waals surface area contributed by atoms with E-state index in [0.717, 1.165) is 0 Å². The van der Waals surface area contributed by atoms with Gasteiger partial charge in [-0.25, -0.2) is 0 Å². The normalized spacial score (nSPS) is 22.1. The molecule has 1 aliphatic rings. The third-order valence-electron chi connectivity index (χ3n) is 2.01. The molecule has 0 atom stereocenters. The lowest BCUT2D eigenvalue weighted by Crippen LogP contribution is -2.26. The van der Waals surface area contributed by atoms with Crippen molar-refractivity contribution < 1.29 is 4.74 Å². The average Bonchev–Trinajstić information content (AvgIpc) is 1.85. The highest BCUT2D eigenvalue weighted by Crippen LogP contribution is 2.26. The minimum atomic E-state index is -0.248. The molecule has 0 heterocycles. The van der Waals surface area contributed by atoms with Crippen LogP contribution in [0.5, 0.6) is 0 Å². The predicted molar refractivity (Wildman–Crippen MR) is 51.0 cm³/mol. The molecule has 66 valence electrons. The van der Waals surface area contributed by atoms with E-state index in [9.17, 15) is 0 Å². The number of thiol groups is 1. The Kier molecular flexibility index (Phi) is 3.26. The first-order chi connectivity index (χ1) is 5.08. The molecule has 0 unspecified atom stereocenters. The Morgan fingerprint density at radius 2 is 1.73 bits per heavy atom. The first kappa shape index (κ1) is 9.40. The van der Waals surface area contributed by atoms with Crippen molar-refractivity contribution in [3.63, 3.8) is 0 Å². The first-order valence-corrected chi connectivity index (χ1v) is 4.93. The van der Waals surface area contributed by atoms with E-state index in [1.807, 2.05) is 13.8 Å². The van der Waals surface area contributed by atoms with Gasteiger partial charge in [-0.05, 0) is 26.7 Å². The lowest BCUT2D eigenvalue weighted by atomic mass is 9.98. The maximum absolute atomic E-state index is 5.74. The monoisotopic (exact) mass is 174 g/mol. The SMILES string of the molecule is CC(C)(S)OC1CCCCC1. The van der Waals surface area contributed by atoms with Crippen molar-refractivity contribution in [2.45, 2.75) is 57.0 Å². The highest BCUT2D eigenvalue weighted by atomic mass is 32.1. The summed E-state index contributed by atoms with van der Waals surface area (Å²) in [5.74, 6) is 0. The maximum atomic E-state index is 5.74. The van der Waals surface area contributed by atoms with Gasteiger partial charge in [0.15, 0.2) is 0 Å². The van der Waals surface area contributed by atoms with Crippen molar-refractivity contribution in [1.82, 2.24) is 0 Å². The molecule has 0 amide bonds. The van der Waals surface area contributed by atoms with Crippen LogP contribution in [0.15, 0.2) is 0 Å². The molecular weight excluding hydrogens is 156 g/mol. The predicted octanol–water partition coefficient (Wildman–Crippen LogP) is 3.00. The van der Waals surface area contributed by atoms with E-state index in [2.05, 4.69) is 12.6 Å². The zero-order chi connectivity index (χ0) is 8.32. The molecule has 0 aromatic rings. The van der Waals surface area contributed by atoms with Crippen LogP contribution in [-0.4, -0.2) is 11.0 Å². The van der Waals surface area contributed by atoms with Crippen LogP contribution in [0.3, 0.4) is 0 Å². The first-order valence-electron chi connectivity index (χ1n) is 4.48. The number of hydrogen-bond acceptors (Lipinski definition) is 2. The van der Waals surface area contributed by atoms with Crippen molar-refractivity contribution in [1.29, 1.82) is 0 Å². The molecule has 0 N–H and O–H groups in total. The molecule has 0 spiro atoms. The van der Waals surface area contributed by atoms with Gasteiger partial charge < -0.3 is 4.74 Å². The van der Waals surface area contributed by atoms with Crippen LogP contribution in [-0.2, 0) is 4.74 Å². The quantitative estimate of drug-likeness (QED) is 0.500. The highest BCUT2D eigenvalue weighted by molar-refractivity contribution is 7.81. The van der Waals surface area contributed by atoms with E-state index in [1.165, 1.54) is 32.1 Å². The van der Waals surface area contributed by atoms with Gasteiger partial charge >= 0.3 is 0 Å². The number of rotatable bonds is 2. The van der Waals surface area contributed by atoms with E-state index < -0.39 is 0 Å². The summed E-state index contributed by atoms with van der Waals surface area (Å²) < 4.78 is 5.74. The van der Waals surface area contributed by atoms with Gasteiger partial charge in [-0.2, -0.15) is 0 Å². The van der Waals surface area contributed by atoms with Crippen molar-refractivity contribution >= 4 is 12.6 Å². The van der Waals surface area contributed by atoms with Crippen molar-refractivity contribution in [3.05, 3.63) is 0 Å². The summed E-state index contributed by atoms with van der Waals surface area (Å²) in [7, 11) is 0. The van der Waals surface area contributed by atoms with Crippen LogP contribution < -0.4 is 0 Å². The Hall–Kier alpha value is 0.310. The van der Waals surface area contributed by atoms with Gasteiger partial charge in [-0.15, -0.1) is 12.6 Å². The van der Waals surface area contributed by atoms with Gasteiger partial charge in [-0.3, -0.25) is 0 Å². The van der Waals surface area contributed by atoms with Gasteiger partial charge in [0.05, 0.1) is 6.10 Å². The fourth-order valence-corrected chi connectivity index (χ4v) is 1.74. The molecule has 1 nitrogen and oxygen atoms in total. The van der Waals surface area contributed by atoms with Crippen molar-refractivity contribution in [2.75, 3.05) is 0 Å². The van der Waals surface area contributed by atoms with Crippen LogP contribution in [0, 0.1) is 0 Å². The third kappa shape index (κ3) is 4.02. The molecule has 1 fully saturated rings. The van der Waals surface area contributed by atoms with E-state index >= 15 is 0 Å². The highest BCUT2D eigenvalue weighted by Gasteiger charge is 2.20. The standard InChI is InChI=1S/C9H18OS/c1-9(2,11)10-8-6-4-3-5-7-8/h8,11H,3-7H2,1-2H3. The van der Waals surface area contributed by atoms with Gasteiger partial charge in [0, 0.05) is 0 Å². The Bertz CT molecular complexity index is 111. The fraction of sp³-hybridized carbons (Fsp3) is 1.00. The molecule has 1 saturated carbocycles. The summed E-state index contributed by atoms with van der Waals surface area (Å²) in [5, 5.41) is 0. The smallest absolute Gasteiger partial charge is 0.105 e. The summed E-state index contributed by atoms with van der Waals surface area (Å²) in [5.41, 5.74) is 0. The van der Waals surface area contributed by atoms with E-state index in [0.29, 0.717) is 6.10 Å². The fourth-order valence-electron chi connectivity index (χ4n) is 1.59. The number of ether oxygens (including phenoxy) is 1. The van der Waals surface area contributed by atoms with Crippen molar-refractivity contribution in [2.24, 2.45) is 0 Å². The molecule has 0 radical (unpaired) electrons. The van der Waals surface area contributed by atoms with Gasteiger partial charge in [0.2, 0.25) is 0 Å². The third-order valence-corrected chi connectivity index (χ3v) is 2.11. The average molecular weight is 174 g/mol. The largest absolute Gasteiger partial charge is 0.362 e. The summed E-state index contributed by atoms with van der Waals surface area (Å²) in [6, 6.07) is 0. The summed E-state index contributed by atoms with van der Waals surface area (Å²) in [4.78, 5) is -0.248. The van der Waals surface area contributed by atoms with Gasteiger partial charge in [-0.1, -0.05) is 19.3 Å². The van der Waals surface area contributed by atoms with Crippen LogP contribution in [0.25, 0.3) is 0 Å². The molecule has 2 heteroatoms. The zero-order valence-corrected chi connectivity index (χ0v) is 8.36.